The number of rotatable bonds is 9. The molecule has 0 bridgehead atoms. The fourth-order valence-electron chi connectivity index (χ4n) is 3.09. The van der Waals surface area contributed by atoms with Crippen molar-refractivity contribution >= 4 is 39.7 Å². The van der Waals surface area contributed by atoms with Gasteiger partial charge >= 0.3 is 0 Å². The Morgan fingerprint density at radius 2 is 1.76 bits per heavy atom. The van der Waals surface area contributed by atoms with E-state index in [4.69, 9.17) is 25.8 Å². The zero-order valence-corrected chi connectivity index (χ0v) is 21.8. The van der Waals surface area contributed by atoms with E-state index in [2.05, 4.69) is 26.5 Å². The van der Waals surface area contributed by atoms with Crippen LogP contribution in [0.1, 0.15) is 27.8 Å². The number of nitrogens with zero attached hydrogens (tertiary/aromatic N) is 1. The Morgan fingerprint density at radius 1 is 1.03 bits per heavy atom. The van der Waals surface area contributed by atoms with E-state index in [1.54, 1.807) is 19.2 Å². The van der Waals surface area contributed by atoms with Gasteiger partial charge in [0.1, 0.15) is 12.4 Å². The Labute approximate surface area is 213 Å². The standard InChI is InChI=1S/C26H26BrClN2O4/c1-16-5-7-19(8-6-16)14-33-21-10-9-20(12-22(21)32-4)13-29-30-24(31)15-34-23-11-17(2)26(28)18(3)25(23)27/h5-13H,14-15H2,1-4H3,(H,30,31)/b29-13+. The van der Waals surface area contributed by atoms with Gasteiger partial charge in [-0.05, 0) is 83.2 Å². The van der Waals surface area contributed by atoms with Crippen LogP contribution in [0.3, 0.4) is 0 Å². The van der Waals surface area contributed by atoms with Crippen molar-refractivity contribution in [2.24, 2.45) is 5.10 Å². The van der Waals surface area contributed by atoms with Gasteiger partial charge in [0.25, 0.3) is 5.91 Å². The third-order valence-electron chi connectivity index (χ3n) is 5.03. The van der Waals surface area contributed by atoms with Crippen molar-refractivity contribution in [3.05, 3.63) is 85.8 Å². The normalized spacial score (nSPS) is 10.9. The molecular formula is C26H26BrClN2O4. The van der Waals surface area contributed by atoms with Crippen molar-refractivity contribution in [2.75, 3.05) is 13.7 Å². The van der Waals surface area contributed by atoms with Gasteiger partial charge in [-0.2, -0.15) is 5.10 Å². The van der Waals surface area contributed by atoms with Crippen LogP contribution in [0.2, 0.25) is 5.02 Å². The van der Waals surface area contributed by atoms with Crippen molar-refractivity contribution in [3.8, 4) is 17.2 Å². The minimum atomic E-state index is -0.390. The molecule has 3 aromatic carbocycles. The molecule has 0 saturated carbocycles. The third kappa shape index (κ3) is 6.74. The van der Waals surface area contributed by atoms with Crippen LogP contribution in [0.15, 0.2) is 58.1 Å². The van der Waals surface area contributed by atoms with E-state index in [0.29, 0.717) is 28.9 Å². The smallest absolute Gasteiger partial charge is 0.277 e. The van der Waals surface area contributed by atoms with Gasteiger partial charge in [0.2, 0.25) is 0 Å². The summed E-state index contributed by atoms with van der Waals surface area (Å²) in [5, 5.41) is 4.66. The highest BCUT2D eigenvalue weighted by atomic mass is 79.9. The maximum absolute atomic E-state index is 12.1. The summed E-state index contributed by atoms with van der Waals surface area (Å²) in [5.74, 6) is 1.35. The third-order valence-corrected chi connectivity index (χ3v) is 6.60. The largest absolute Gasteiger partial charge is 0.493 e. The highest BCUT2D eigenvalue weighted by Crippen LogP contribution is 2.35. The maximum Gasteiger partial charge on any atom is 0.277 e. The topological polar surface area (TPSA) is 69.2 Å². The molecule has 6 nitrogen and oxygen atoms in total. The number of amides is 1. The van der Waals surface area contributed by atoms with E-state index in [9.17, 15) is 4.79 Å². The number of halogens is 2. The van der Waals surface area contributed by atoms with E-state index in [1.165, 1.54) is 11.8 Å². The number of hydrogen-bond acceptors (Lipinski definition) is 5. The molecule has 0 unspecified atom stereocenters. The van der Waals surface area contributed by atoms with Crippen molar-refractivity contribution in [3.63, 3.8) is 0 Å². The minimum absolute atomic E-state index is 0.189. The number of carbonyl (C=O) groups is 1. The molecular weight excluding hydrogens is 520 g/mol. The van der Waals surface area contributed by atoms with E-state index in [1.807, 2.05) is 57.2 Å². The van der Waals surface area contributed by atoms with Crippen LogP contribution in [-0.4, -0.2) is 25.8 Å². The summed E-state index contributed by atoms with van der Waals surface area (Å²) in [6.07, 6.45) is 1.52. The lowest BCUT2D eigenvalue weighted by Gasteiger charge is -2.12. The second-order valence-corrected chi connectivity index (χ2v) is 8.88. The number of hydrazone groups is 1. The zero-order chi connectivity index (χ0) is 24.7. The number of methoxy groups -OCH3 is 1. The molecule has 0 aliphatic heterocycles. The van der Waals surface area contributed by atoms with Gasteiger partial charge in [-0.3, -0.25) is 4.79 Å². The van der Waals surface area contributed by atoms with Crippen LogP contribution in [0.4, 0.5) is 0 Å². The van der Waals surface area contributed by atoms with Gasteiger partial charge in [-0.1, -0.05) is 41.4 Å². The second-order valence-electron chi connectivity index (χ2n) is 7.71. The summed E-state index contributed by atoms with van der Waals surface area (Å²) >= 11 is 9.68. The predicted octanol–water partition coefficient (Wildman–Crippen LogP) is 6.14. The lowest BCUT2D eigenvalue weighted by molar-refractivity contribution is -0.123. The average molecular weight is 546 g/mol. The van der Waals surface area contributed by atoms with Gasteiger partial charge in [-0.25, -0.2) is 5.43 Å². The van der Waals surface area contributed by atoms with Crippen LogP contribution in [0.25, 0.3) is 0 Å². The number of nitrogens with one attached hydrogen (secondary N) is 1. The Balaban J connectivity index is 1.54. The first kappa shape index (κ1) is 25.6. The van der Waals surface area contributed by atoms with Gasteiger partial charge in [0, 0.05) is 5.02 Å². The van der Waals surface area contributed by atoms with Crippen LogP contribution in [-0.2, 0) is 11.4 Å². The second kappa shape index (κ2) is 11.9. The number of benzene rings is 3. The summed E-state index contributed by atoms with van der Waals surface area (Å²) in [6.45, 7) is 6.05. The van der Waals surface area contributed by atoms with Gasteiger partial charge in [-0.15, -0.1) is 0 Å². The number of aryl methyl sites for hydroxylation is 2. The summed E-state index contributed by atoms with van der Waals surface area (Å²) < 4.78 is 17.7. The molecule has 0 atom stereocenters. The first-order chi connectivity index (χ1) is 16.3. The van der Waals surface area contributed by atoms with E-state index in [0.717, 1.165) is 26.7 Å². The highest BCUT2D eigenvalue weighted by molar-refractivity contribution is 9.10. The fourth-order valence-corrected chi connectivity index (χ4v) is 3.78. The number of hydrogen-bond donors (Lipinski definition) is 1. The van der Waals surface area contributed by atoms with Gasteiger partial charge in [0.15, 0.2) is 18.1 Å². The van der Waals surface area contributed by atoms with Crippen LogP contribution in [0, 0.1) is 20.8 Å². The SMILES string of the molecule is COc1cc(/C=N/NC(=O)COc2cc(C)c(Cl)c(C)c2Br)ccc1OCc1ccc(C)cc1. The van der Waals surface area contributed by atoms with Crippen LogP contribution in [0.5, 0.6) is 17.2 Å². The van der Waals surface area contributed by atoms with Gasteiger partial charge < -0.3 is 14.2 Å². The molecule has 0 saturated heterocycles. The molecule has 0 aromatic heterocycles. The first-order valence-electron chi connectivity index (χ1n) is 10.5. The fraction of sp³-hybridized carbons (Fsp3) is 0.231. The quantitative estimate of drug-likeness (QED) is 0.259. The predicted molar refractivity (Wildman–Crippen MR) is 138 cm³/mol. The van der Waals surface area contributed by atoms with Crippen molar-refractivity contribution < 1.29 is 19.0 Å². The molecule has 0 spiro atoms. The van der Waals surface area contributed by atoms with E-state index < -0.39 is 5.91 Å². The Bertz CT molecular complexity index is 1200. The lowest BCUT2D eigenvalue weighted by Crippen LogP contribution is -2.24. The summed E-state index contributed by atoms with van der Waals surface area (Å²) in [5.41, 5.74) is 7.20. The van der Waals surface area contributed by atoms with Crippen molar-refractivity contribution in [1.29, 1.82) is 0 Å². The average Bonchev–Trinajstić information content (AvgIpc) is 2.84. The highest BCUT2D eigenvalue weighted by Gasteiger charge is 2.12. The molecule has 0 fully saturated rings. The molecule has 0 aliphatic carbocycles. The Kier molecular flexibility index (Phi) is 8.96. The molecule has 1 amide bonds. The molecule has 0 aliphatic rings. The monoisotopic (exact) mass is 544 g/mol. The van der Waals surface area contributed by atoms with Crippen LogP contribution >= 0.6 is 27.5 Å². The van der Waals surface area contributed by atoms with Crippen LogP contribution < -0.4 is 19.6 Å². The Hall–Kier alpha value is -3.03. The molecule has 0 radical (unpaired) electrons. The summed E-state index contributed by atoms with van der Waals surface area (Å²) in [4.78, 5) is 12.1. The molecule has 3 rings (SSSR count). The van der Waals surface area contributed by atoms with Crippen molar-refractivity contribution in [1.82, 2.24) is 5.43 Å². The van der Waals surface area contributed by atoms with Crippen molar-refractivity contribution in [2.45, 2.75) is 27.4 Å². The zero-order valence-electron chi connectivity index (χ0n) is 19.4. The molecule has 1 N–H and O–H groups in total. The molecule has 0 heterocycles. The number of ether oxygens (including phenoxy) is 3. The van der Waals surface area contributed by atoms with E-state index in [-0.39, 0.29) is 6.61 Å². The molecule has 3 aromatic rings. The lowest BCUT2D eigenvalue weighted by atomic mass is 10.1. The summed E-state index contributed by atoms with van der Waals surface area (Å²) in [6, 6.07) is 15.4. The van der Waals surface area contributed by atoms with E-state index >= 15 is 0 Å². The molecule has 178 valence electrons. The first-order valence-corrected chi connectivity index (χ1v) is 11.7. The summed E-state index contributed by atoms with van der Waals surface area (Å²) in [7, 11) is 1.58. The molecule has 34 heavy (non-hydrogen) atoms. The molecule has 8 heteroatoms. The minimum Gasteiger partial charge on any atom is -0.493 e. The Morgan fingerprint density at radius 3 is 2.47 bits per heavy atom. The maximum atomic E-state index is 12.1. The number of carbonyl (C=O) groups excluding carboxylic acids is 1. The van der Waals surface area contributed by atoms with Gasteiger partial charge in [0.05, 0.1) is 17.8 Å².